The summed E-state index contributed by atoms with van der Waals surface area (Å²) >= 11 is 0. The molecule has 0 aromatic heterocycles. The molecule has 3 atom stereocenters. The molecule has 0 aliphatic heterocycles. The lowest BCUT2D eigenvalue weighted by atomic mass is 9.80. The molecule has 0 spiro atoms. The Morgan fingerprint density at radius 2 is 2.00 bits per heavy atom. The molecule has 0 saturated heterocycles. The monoisotopic (exact) mass is 197 g/mol. The zero-order valence-corrected chi connectivity index (χ0v) is 9.24. The minimum atomic E-state index is 0.467. The van der Waals surface area contributed by atoms with Crippen LogP contribution in [-0.2, 0) is 4.74 Å². The van der Waals surface area contributed by atoms with E-state index in [-0.39, 0.29) is 0 Å². The van der Waals surface area contributed by atoms with Gasteiger partial charge in [-0.15, -0.1) is 0 Å². The van der Waals surface area contributed by atoms with Crippen molar-refractivity contribution in [3.05, 3.63) is 0 Å². The minimum Gasteiger partial charge on any atom is -0.375 e. The second-order valence-corrected chi connectivity index (χ2v) is 5.14. The Morgan fingerprint density at radius 3 is 2.57 bits per heavy atom. The van der Waals surface area contributed by atoms with Crippen LogP contribution in [0.2, 0.25) is 0 Å². The Balaban J connectivity index is 1.84. The van der Waals surface area contributed by atoms with Crippen LogP contribution in [0.15, 0.2) is 0 Å². The highest BCUT2D eigenvalue weighted by Gasteiger charge is 2.31. The topological polar surface area (TPSA) is 35.2 Å². The van der Waals surface area contributed by atoms with Crippen molar-refractivity contribution < 1.29 is 4.74 Å². The third kappa shape index (κ3) is 2.29. The molecule has 2 rings (SSSR count). The maximum absolute atomic E-state index is 6.12. The maximum atomic E-state index is 6.12. The van der Waals surface area contributed by atoms with E-state index in [9.17, 15) is 0 Å². The molecule has 0 aromatic carbocycles. The summed E-state index contributed by atoms with van der Waals surface area (Å²) in [4.78, 5) is 0. The molecular weight excluding hydrogens is 174 g/mol. The van der Waals surface area contributed by atoms with E-state index < -0.39 is 0 Å². The van der Waals surface area contributed by atoms with Gasteiger partial charge in [-0.05, 0) is 50.5 Å². The van der Waals surface area contributed by atoms with E-state index in [2.05, 4.69) is 6.92 Å². The largest absolute Gasteiger partial charge is 0.375 e. The highest BCUT2D eigenvalue weighted by Crippen LogP contribution is 2.34. The van der Waals surface area contributed by atoms with E-state index in [1.165, 1.54) is 38.5 Å². The summed E-state index contributed by atoms with van der Waals surface area (Å²) in [7, 11) is 0. The number of nitrogens with two attached hydrogens (primary N) is 1. The third-order valence-corrected chi connectivity index (χ3v) is 3.91. The predicted molar refractivity (Wildman–Crippen MR) is 58.1 cm³/mol. The number of ether oxygens (including phenoxy) is 1. The molecule has 0 aromatic rings. The van der Waals surface area contributed by atoms with Gasteiger partial charge in [-0.1, -0.05) is 13.3 Å². The highest BCUT2D eigenvalue weighted by atomic mass is 16.5. The molecular formula is C12H23NO. The van der Waals surface area contributed by atoms with Gasteiger partial charge in [0.05, 0.1) is 12.2 Å². The molecule has 0 bridgehead atoms. The molecule has 2 nitrogen and oxygen atoms in total. The molecule has 2 aliphatic carbocycles. The van der Waals surface area contributed by atoms with Crippen molar-refractivity contribution >= 4 is 0 Å². The lowest BCUT2D eigenvalue weighted by Gasteiger charge is -2.38. The summed E-state index contributed by atoms with van der Waals surface area (Å²) in [5.74, 6) is 1.47. The first kappa shape index (κ1) is 10.4. The number of hydrogen-bond donors (Lipinski definition) is 1. The molecule has 0 heterocycles. The van der Waals surface area contributed by atoms with Gasteiger partial charge < -0.3 is 10.5 Å². The summed E-state index contributed by atoms with van der Waals surface area (Å²) in [5, 5.41) is 0. The summed E-state index contributed by atoms with van der Waals surface area (Å²) in [5.41, 5.74) is 5.79. The summed E-state index contributed by atoms with van der Waals surface area (Å²) in [6.07, 6.45) is 8.80. The predicted octanol–water partition coefficient (Wildman–Crippen LogP) is 2.32. The van der Waals surface area contributed by atoms with E-state index in [1.54, 1.807) is 0 Å². The molecule has 14 heavy (non-hydrogen) atoms. The quantitative estimate of drug-likeness (QED) is 0.753. The van der Waals surface area contributed by atoms with Crippen LogP contribution in [0.25, 0.3) is 0 Å². The number of hydrogen-bond acceptors (Lipinski definition) is 2. The van der Waals surface area contributed by atoms with Crippen molar-refractivity contribution in [2.24, 2.45) is 17.6 Å². The average Bonchev–Trinajstić information content (AvgIpc) is 2.12. The highest BCUT2D eigenvalue weighted by molar-refractivity contribution is 4.82. The van der Waals surface area contributed by atoms with Gasteiger partial charge in [-0.25, -0.2) is 0 Å². The van der Waals surface area contributed by atoms with E-state index in [4.69, 9.17) is 10.5 Å². The summed E-state index contributed by atoms with van der Waals surface area (Å²) in [6.45, 7) is 3.15. The average molecular weight is 197 g/mol. The molecule has 3 unspecified atom stereocenters. The Kier molecular flexibility index (Phi) is 3.45. The van der Waals surface area contributed by atoms with E-state index in [0.29, 0.717) is 18.1 Å². The van der Waals surface area contributed by atoms with Gasteiger partial charge in [0, 0.05) is 0 Å². The van der Waals surface area contributed by atoms with Gasteiger partial charge in [0.15, 0.2) is 0 Å². The van der Waals surface area contributed by atoms with Gasteiger partial charge in [-0.3, -0.25) is 0 Å². The molecule has 0 amide bonds. The fraction of sp³-hybridized carbons (Fsp3) is 1.00. The normalized spacial score (nSPS) is 39.4. The third-order valence-electron chi connectivity index (χ3n) is 3.91. The molecule has 2 heteroatoms. The first-order chi connectivity index (χ1) is 6.79. The standard InChI is InChI=1S/C12H23NO/c1-9-5-6-10(8-13)12(7-9)14-11-3-2-4-11/h9-12H,2-8,13H2,1H3. The van der Waals surface area contributed by atoms with E-state index >= 15 is 0 Å². The van der Waals surface area contributed by atoms with Gasteiger partial charge in [0.2, 0.25) is 0 Å². The second-order valence-electron chi connectivity index (χ2n) is 5.14. The summed E-state index contributed by atoms with van der Waals surface area (Å²) < 4.78 is 6.12. The van der Waals surface area contributed by atoms with E-state index in [1.807, 2.05) is 0 Å². The van der Waals surface area contributed by atoms with Gasteiger partial charge in [-0.2, -0.15) is 0 Å². The van der Waals surface area contributed by atoms with Crippen LogP contribution in [0.1, 0.15) is 45.4 Å². The van der Waals surface area contributed by atoms with Crippen molar-refractivity contribution in [2.75, 3.05) is 6.54 Å². The van der Waals surface area contributed by atoms with Crippen molar-refractivity contribution in [2.45, 2.75) is 57.7 Å². The second kappa shape index (κ2) is 4.63. The summed E-state index contributed by atoms with van der Waals surface area (Å²) in [6, 6.07) is 0. The van der Waals surface area contributed by atoms with Crippen LogP contribution in [-0.4, -0.2) is 18.8 Å². The van der Waals surface area contributed by atoms with Crippen LogP contribution in [0.5, 0.6) is 0 Å². The van der Waals surface area contributed by atoms with Gasteiger partial charge >= 0.3 is 0 Å². The van der Waals surface area contributed by atoms with Crippen molar-refractivity contribution in [3.8, 4) is 0 Å². The van der Waals surface area contributed by atoms with Crippen LogP contribution in [0.3, 0.4) is 0 Å². The zero-order chi connectivity index (χ0) is 9.97. The van der Waals surface area contributed by atoms with Crippen LogP contribution < -0.4 is 5.73 Å². The molecule has 2 saturated carbocycles. The van der Waals surface area contributed by atoms with Crippen LogP contribution in [0, 0.1) is 11.8 Å². The SMILES string of the molecule is CC1CCC(CN)C(OC2CCC2)C1. The first-order valence-electron chi connectivity index (χ1n) is 6.15. The van der Waals surface area contributed by atoms with Gasteiger partial charge in [0.25, 0.3) is 0 Å². The lowest BCUT2D eigenvalue weighted by Crippen LogP contribution is -2.39. The first-order valence-corrected chi connectivity index (χ1v) is 6.15. The fourth-order valence-electron chi connectivity index (χ4n) is 2.58. The Morgan fingerprint density at radius 1 is 1.21 bits per heavy atom. The fourth-order valence-corrected chi connectivity index (χ4v) is 2.58. The van der Waals surface area contributed by atoms with Crippen LogP contribution in [0.4, 0.5) is 0 Å². The molecule has 2 aliphatic rings. The Bertz CT molecular complexity index is 179. The van der Waals surface area contributed by atoms with E-state index in [0.717, 1.165) is 12.5 Å². The minimum absolute atomic E-state index is 0.467. The van der Waals surface area contributed by atoms with Crippen molar-refractivity contribution in [3.63, 3.8) is 0 Å². The van der Waals surface area contributed by atoms with Crippen molar-refractivity contribution in [1.29, 1.82) is 0 Å². The lowest BCUT2D eigenvalue weighted by molar-refractivity contribution is -0.0946. The molecule has 2 N–H and O–H groups in total. The molecule has 2 fully saturated rings. The smallest absolute Gasteiger partial charge is 0.0621 e. The Hall–Kier alpha value is -0.0800. The Labute approximate surface area is 87.2 Å². The molecule has 0 radical (unpaired) electrons. The van der Waals surface area contributed by atoms with Crippen LogP contribution >= 0.6 is 0 Å². The molecule has 82 valence electrons. The number of rotatable bonds is 3. The van der Waals surface area contributed by atoms with Crippen molar-refractivity contribution in [1.82, 2.24) is 0 Å². The van der Waals surface area contributed by atoms with Gasteiger partial charge in [0.1, 0.15) is 0 Å². The zero-order valence-electron chi connectivity index (χ0n) is 9.24. The maximum Gasteiger partial charge on any atom is 0.0621 e.